The summed E-state index contributed by atoms with van der Waals surface area (Å²) < 4.78 is 9.90. The van der Waals surface area contributed by atoms with E-state index >= 15 is 0 Å². The molecule has 0 unspecified atom stereocenters. The number of carbonyl (C=O) groups excluding carboxylic acids is 3. The number of amides is 1. The Kier molecular flexibility index (Phi) is 8.36. The Morgan fingerprint density at radius 2 is 1.85 bits per heavy atom. The minimum Gasteiger partial charge on any atom is -0.466 e. The molecule has 0 radical (unpaired) electrons. The van der Waals surface area contributed by atoms with Crippen LogP contribution >= 0.6 is 11.3 Å². The number of H-pyrrole nitrogens is 1. The molecule has 0 fully saturated rings. The van der Waals surface area contributed by atoms with Crippen LogP contribution in [0.15, 0.2) is 35.1 Å². The van der Waals surface area contributed by atoms with Crippen LogP contribution in [0.4, 0.5) is 5.95 Å². The van der Waals surface area contributed by atoms with Gasteiger partial charge in [-0.3, -0.25) is 19.4 Å². The molecular weight excluding hydrogens is 460 g/mol. The molecule has 3 rings (SSSR count). The smallest absolute Gasteiger partial charge is 0.328 e. The zero-order valence-corrected chi connectivity index (χ0v) is 19.7. The van der Waals surface area contributed by atoms with Gasteiger partial charge in [0.15, 0.2) is 0 Å². The highest BCUT2D eigenvalue weighted by Crippen LogP contribution is 2.24. The van der Waals surface area contributed by atoms with E-state index < -0.39 is 23.9 Å². The summed E-state index contributed by atoms with van der Waals surface area (Å²) in [6, 6.07) is 7.70. The molecular formula is C23H26N4O6S. The number of rotatable bonds is 10. The number of hydrogen-bond acceptors (Lipinski definition) is 9. The number of hydrogen-bond donors (Lipinski definition) is 3. The summed E-state index contributed by atoms with van der Waals surface area (Å²) in [5, 5.41) is 3.12. The normalized spacial score (nSPS) is 11.7. The van der Waals surface area contributed by atoms with Crippen LogP contribution in [0.2, 0.25) is 0 Å². The van der Waals surface area contributed by atoms with E-state index in [9.17, 15) is 19.2 Å². The first-order chi connectivity index (χ1) is 16.3. The second-order valence-corrected chi connectivity index (χ2v) is 8.49. The molecule has 3 aromatic rings. The van der Waals surface area contributed by atoms with Gasteiger partial charge in [0, 0.05) is 23.3 Å². The Labute approximate surface area is 199 Å². The number of benzene rings is 1. The van der Waals surface area contributed by atoms with Crippen LogP contribution in [0.25, 0.3) is 10.2 Å². The number of aromatic nitrogens is 2. The van der Waals surface area contributed by atoms with E-state index in [1.165, 1.54) is 11.3 Å². The van der Waals surface area contributed by atoms with E-state index in [1.807, 2.05) is 0 Å². The molecule has 0 saturated carbocycles. The molecule has 180 valence electrons. The van der Waals surface area contributed by atoms with Gasteiger partial charge in [0.1, 0.15) is 10.9 Å². The monoisotopic (exact) mass is 486 g/mol. The molecule has 10 nitrogen and oxygen atoms in total. The first kappa shape index (κ1) is 24.9. The molecule has 11 heteroatoms. The maximum atomic E-state index is 12.7. The highest BCUT2D eigenvalue weighted by Gasteiger charge is 2.24. The second-order valence-electron chi connectivity index (χ2n) is 7.38. The second kappa shape index (κ2) is 11.4. The molecule has 1 aromatic carbocycles. The fourth-order valence-electron chi connectivity index (χ4n) is 3.29. The predicted molar refractivity (Wildman–Crippen MR) is 128 cm³/mol. The number of ether oxygens (including phenoxy) is 2. The molecule has 34 heavy (non-hydrogen) atoms. The van der Waals surface area contributed by atoms with Crippen molar-refractivity contribution in [1.29, 1.82) is 0 Å². The van der Waals surface area contributed by atoms with Gasteiger partial charge >= 0.3 is 11.9 Å². The van der Waals surface area contributed by atoms with Crippen molar-refractivity contribution in [2.75, 3.05) is 18.9 Å². The van der Waals surface area contributed by atoms with Crippen LogP contribution in [-0.2, 0) is 25.5 Å². The Bertz CT molecular complexity index is 1230. The number of anilines is 1. The van der Waals surface area contributed by atoms with Crippen LogP contribution in [0, 0.1) is 0 Å². The maximum Gasteiger partial charge on any atom is 0.328 e. The lowest BCUT2D eigenvalue weighted by molar-refractivity contribution is -0.146. The summed E-state index contributed by atoms with van der Waals surface area (Å²) in [7, 11) is 0. The third-order valence-corrected chi connectivity index (χ3v) is 5.91. The number of nitrogens with two attached hydrogens (primary N) is 1. The minimum atomic E-state index is -0.965. The predicted octanol–water partition coefficient (Wildman–Crippen LogP) is 2.16. The number of carbonyl (C=O) groups is 3. The number of thiophene rings is 1. The van der Waals surface area contributed by atoms with Gasteiger partial charge in [0.2, 0.25) is 5.95 Å². The van der Waals surface area contributed by atoms with Gasteiger partial charge in [-0.05, 0) is 44.0 Å². The van der Waals surface area contributed by atoms with Gasteiger partial charge in [-0.25, -0.2) is 9.78 Å². The Morgan fingerprint density at radius 1 is 1.15 bits per heavy atom. The molecule has 0 aliphatic heterocycles. The van der Waals surface area contributed by atoms with Crippen molar-refractivity contribution < 1.29 is 23.9 Å². The maximum absolute atomic E-state index is 12.7. The van der Waals surface area contributed by atoms with Crippen LogP contribution < -0.4 is 16.6 Å². The van der Waals surface area contributed by atoms with Crippen molar-refractivity contribution >= 4 is 45.3 Å². The zero-order chi connectivity index (χ0) is 24.7. The number of nitrogens with one attached hydrogen (secondary N) is 2. The zero-order valence-electron chi connectivity index (χ0n) is 18.9. The van der Waals surface area contributed by atoms with Gasteiger partial charge in [0.25, 0.3) is 11.5 Å². The van der Waals surface area contributed by atoms with Crippen LogP contribution in [0.5, 0.6) is 0 Å². The number of nitrogen functional groups attached to an aromatic ring is 1. The van der Waals surface area contributed by atoms with Gasteiger partial charge in [-0.1, -0.05) is 12.1 Å². The first-order valence-corrected chi connectivity index (χ1v) is 11.6. The fraction of sp³-hybridized carbons (Fsp3) is 0.348. The Morgan fingerprint density at radius 3 is 2.53 bits per heavy atom. The van der Waals surface area contributed by atoms with Crippen molar-refractivity contribution in [2.24, 2.45) is 0 Å². The topological polar surface area (TPSA) is 153 Å². The van der Waals surface area contributed by atoms with Crippen molar-refractivity contribution in [2.45, 2.75) is 39.2 Å². The third kappa shape index (κ3) is 6.41. The largest absolute Gasteiger partial charge is 0.466 e. The number of esters is 2. The lowest BCUT2D eigenvalue weighted by Crippen LogP contribution is -2.42. The SMILES string of the molecule is CCOC(=O)CC[C@H](NC(=O)c1ccc(Cc2cc3c(=O)[nH]c(N)nc3s2)cc1)C(=O)OCC. The quantitative estimate of drug-likeness (QED) is 0.369. The molecule has 4 N–H and O–H groups in total. The van der Waals surface area contributed by atoms with Crippen molar-refractivity contribution in [3.05, 3.63) is 56.7 Å². The fourth-order valence-corrected chi connectivity index (χ4v) is 4.36. The number of aromatic amines is 1. The number of nitrogens with zero attached hydrogens (tertiary/aromatic N) is 1. The molecule has 0 aliphatic rings. The summed E-state index contributed by atoms with van der Waals surface area (Å²) in [6.07, 6.45) is 0.605. The molecule has 0 aliphatic carbocycles. The molecule has 0 bridgehead atoms. The first-order valence-electron chi connectivity index (χ1n) is 10.8. The molecule has 0 saturated heterocycles. The van der Waals surface area contributed by atoms with Gasteiger partial charge in [-0.2, -0.15) is 0 Å². The molecule has 0 spiro atoms. The third-order valence-electron chi connectivity index (χ3n) is 4.89. The summed E-state index contributed by atoms with van der Waals surface area (Å²) in [4.78, 5) is 56.7. The van der Waals surface area contributed by atoms with E-state index in [2.05, 4.69) is 15.3 Å². The van der Waals surface area contributed by atoms with E-state index in [4.69, 9.17) is 15.2 Å². The van der Waals surface area contributed by atoms with Crippen molar-refractivity contribution in [3.63, 3.8) is 0 Å². The van der Waals surface area contributed by atoms with E-state index in [-0.39, 0.29) is 37.6 Å². The summed E-state index contributed by atoms with van der Waals surface area (Å²) >= 11 is 1.38. The van der Waals surface area contributed by atoms with Crippen molar-refractivity contribution in [3.8, 4) is 0 Å². The van der Waals surface area contributed by atoms with E-state index in [0.717, 1.165) is 10.4 Å². The lowest BCUT2D eigenvalue weighted by atomic mass is 10.1. The number of fused-ring (bicyclic) bond motifs is 1. The van der Waals surface area contributed by atoms with Gasteiger partial charge in [0.05, 0.1) is 18.6 Å². The van der Waals surface area contributed by atoms with Crippen LogP contribution in [0.3, 0.4) is 0 Å². The average Bonchev–Trinajstić information content (AvgIpc) is 3.19. The van der Waals surface area contributed by atoms with Crippen LogP contribution in [-0.4, -0.2) is 47.1 Å². The van der Waals surface area contributed by atoms with Crippen LogP contribution in [0.1, 0.15) is 47.5 Å². The molecule has 2 aromatic heterocycles. The standard InChI is InChI=1S/C23H26N4O6S/c1-3-32-18(28)10-9-17(22(31)33-4-2)25-19(29)14-7-5-13(6-8-14)11-15-12-16-20(30)26-23(24)27-21(16)34-15/h5-8,12,17H,3-4,9-11H2,1-2H3,(H,25,29)(H3,24,26,27,30)/t17-/m0/s1. The Hall–Kier alpha value is -3.73. The average molecular weight is 487 g/mol. The summed E-state index contributed by atoms with van der Waals surface area (Å²) in [5.74, 6) is -1.44. The molecule has 1 atom stereocenters. The molecule has 1 amide bonds. The highest BCUT2D eigenvalue weighted by molar-refractivity contribution is 7.18. The highest BCUT2D eigenvalue weighted by atomic mass is 32.1. The molecule has 2 heterocycles. The van der Waals surface area contributed by atoms with Gasteiger partial charge in [-0.15, -0.1) is 11.3 Å². The minimum absolute atomic E-state index is 0.0188. The van der Waals surface area contributed by atoms with Crippen molar-refractivity contribution in [1.82, 2.24) is 15.3 Å². The van der Waals surface area contributed by atoms with E-state index in [1.54, 1.807) is 44.2 Å². The lowest BCUT2D eigenvalue weighted by Gasteiger charge is -2.17. The van der Waals surface area contributed by atoms with Gasteiger partial charge < -0.3 is 20.5 Å². The summed E-state index contributed by atoms with van der Waals surface area (Å²) in [5.41, 5.74) is 6.60. The van der Waals surface area contributed by atoms with E-state index in [0.29, 0.717) is 22.2 Å². The Balaban J connectivity index is 1.66. The summed E-state index contributed by atoms with van der Waals surface area (Å²) in [6.45, 7) is 3.76.